The fourth-order valence-corrected chi connectivity index (χ4v) is 10.1. The molecule has 0 aliphatic rings. The average Bonchev–Trinajstić information content (AvgIpc) is 3.39. The summed E-state index contributed by atoms with van der Waals surface area (Å²) in [5.41, 5.74) is 0. The molecule has 9 nitrogen and oxygen atoms in total. The Labute approximate surface area is 476 Å². The van der Waals surface area contributed by atoms with Crippen LogP contribution >= 0.6 is 7.82 Å². The minimum atomic E-state index is -4.64. The Hall–Kier alpha value is -2.29. The maximum absolute atomic E-state index is 12.8. The maximum atomic E-state index is 12.8. The molecule has 0 spiro atoms. The van der Waals surface area contributed by atoms with E-state index in [1.54, 1.807) is 0 Å². The zero-order valence-electron chi connectivity index (χ0n) is 51.2. The van der Waals surface area contributed by atoms with E-state index in [1.165, 1.54) is 193 Å². The summed E-state index contributed by atoms with van der Waals surface area (Å²) in [6, 6.07) is 0. The van der Waals surface area contributed by atoms with Crippen molar-refractivity contribution < 1.29 is 42.1 Å². The normalized spacial score (nSPS) is 13.6. The summed E-state index contributed by atoms with van der Waals surface area (Å²) in [6.45, 7) is 4.17. The van der Waals surface area contributed by atoms with E-state index in [1.807, 2.05) is 21.1 Å². The Balaban J connectivity index is 4.08. The predicted molar refractivity (Wildman–Crippen MR) is 328 cm³/mol. The lowest BCUT2D eigenvalue weighted by Gasteiger charge is -2.28. The zero-order valence-corrected chi connectivity index (χ0v) is 52.1. The molecular formula is C67H124NO8P. The highest BCUT2D eigenvalue weighted by Crippen LogP contribution is 2.38. The number of phosphoric acid groups is 1. The number of carbonyl (C=O) groups excluding carboxylic acids is 2. The van der Waals surface area contributed by atoms with E-state index in [-0.39, 0.29) is 32.0 Å². The van der Waals surface area contributed by atoms with Gasteiger partial charge in [-0.15, -0.1) is 0 Å². The Morgan fingerprint density at radius 2 is 0.740 bits per heavy atom. The van der Waals surface area contributed by atoms with Gasteiger partial charge in [0, 0.05) is 12.8 Å². The van der Waals surface area contributed by atoms with Gasteiger partial charge in [0.2, 0.25) is 0 Å². The van der Waals surface area contributed by atoms with Crippen LogP contribution in [0.2, 0.25) is 0 Å². The summed E-state index contributed by atoms with van der Waals surface area (Å²) >= 11 is 0. The first-order valence-electron chi connectivity index (χ1n) is 32.5. The van der Waals surface area contributed by atoms with Gasteiger partial charge in [-0.05, 0) is 57.8 Å². The summed E-state index contributed by atoms with van der Waals surface area (Å²) in [5, 5.41) is 0. The topological polar surface area (TPSA) is 111 Å². The van der Waals surface area contributed by atoms with Gasteiger partial charge in [0.1, 0.15) is 19.8 Å². The van der Waals surface area contributed by atoms with Crippen LogP contribution in [0.4, 0.5) is 0 Å². The van der Waals surface area contributed by atoms with Gasteiger partial charge in [-0.25, -0.2) is 0 Å². The van der Waals surface area contributed by atoms with E-state index in [4.69, 9.17) is 18.5 Å². The van der Waals surface area contributed by atoms with Crippen LogP contribution in [0.5, 0.6) is 0 Å². The summed E-state index contributed by atoms with van der Waals surface area (Å²) in [7, 11) is 1.17. The number of phosphoric ester groups is 1. The van der Waals surface area contributed by atoms with E-state index >= 15 is 0 Å². The van der Waals surface area contributed by atoms with Crippen LogP contribution in [0.1, 0.15) is 303 Å². The number of unbranched alkanes of at least 4 members (excludes halogenated alkanes) is 36. The highest BCUT2D eigenvalue weighted by atomic mass is 31.2. The first kappa shape index (κ1) is 74.7. The Kier molecular flexibility index (Phi) is 56.6. The van der Waals surface area contributed by atoms with E-state index in [0.717, 1.165) is 77.0 Å². The minimum absolute atomic E-state index is 0.0314. The second-order valence-corrected chi connectivity index (χ2v) is 24.5. The fraction of sp³-hybridized carbons (Fsp3) is 0.821. The van der Waals surface area contributed by atoms with Crippen molar-refractivity contribution in [2.24, 2.45) is 0 Å². The number of nitrogens with zero attached hydrogens (tertiary/aromatic N) is 1. The molecule has 0 aromatic carbocycles. The zero-order chi connectivity index (χ0) is 56.3. The first-order valence-corrected chi connectivity index (χ1v) is 34.0. The van der Waals surface area contributed by atoms with E-state index in [2.05, 4.69) is 74.6 Å². The second-order valence-electron chi connectivity index (χ2n) is 23.1. The smallest absolute Gasteiger partial charge is 0.306 e. The van der Waals surface area contributed by atoms with Crippen LogP contribution < -0.4 is 4.89 Å². The predicted octanol–water partition coefficient (Wildman–Crippen LogP) is 20.0. The Morgan fingerprint density at radius 1 is 0.416 bits per heavy atom. The molecule has 2 atom stereocenters. The number of esters is 2. The average molecular weight is 1100 g/mol. The second kappa shape index (κ2) is 58.4. The molecule has 0 aliphatic carbocycles. The molecule has 0 N–H and O–H groups in total. The molecule has 0 amide bonds. The molecule has 0 heterocycles. The van der Waals surface area contributed by atoms with Crippen molar-refractivity contribution in [2.45, 2.75) is 309 Å². The van der Waals surface area contributed by atoms with Gasteiger partial charge in [-0.2, -0.15) is 0 Å². The van der Waals surface area contributed by atoms with Crippen molar-refractivity contribution in [3.8, 4) is 0 Å². The summed E-state index contributed by atoms with van der Waals surface area (Å²) in [4.78, 5) is 38.0. The minimum Gasteiger partial charge on any atom is -0.756 e. The molecule has 450 valence electrons. The van der Waals surface area contributed by atoms with Crippen LogP contribution in [0, 0.1) is 0 Å². The van der Waals surface area contributed by atoms with Crippen molar-refractivity contribution in [1.29, 1.82) is 0 Å². The third-order valence-electron chi connectivity index (χ3n) is 14.3. The molecule has 0 fully saturated rings. The van der Waals surface area contributed by atoms with E-state index < -0.39 is 26.5 Å². The number of ether oxygens (including phenoxy) is 2. The molecular weight excluding hydrogens is 978 g/mol. The lowest BCUT2D eigenvalue weighted by Crippen LogP contribution is -2.37. The summed E-state index contributed by atoms with van der Waals surface area (Å²) in [6.07, 6.45) is 75.7. The van der Waals surface area contributed by atoms with Gasteiger partial charge in [0.05, 0.1) is 27.7 Å². The van der Waals surface area contributed by atoms with E-state index in [0.29, 0.717) is 17.4 Å². The third-order valence-corrected chi connectivity index (χ3v) is 15.3. The molecule has 0 rings (SSSR count). The number of hydrogen-bond acceptors (Lipinski definition) is 8. The number of likely N-dealkylation sites (N-methyl/N-ethyl adjacent to an activating group) is 1. The quantitative estimate of drug-likeness (QED) is 0.0195. The van der Waals surface area contributed by atoms with Crippen molar-refractivity contribution in [2.75, 3.05) is 47.5 Å². The van der Waals surface area contributed by atoms with Gasteiger partial charge in [0.15, 0.2) is 6.10 Å². The van der Waals surface area contributed by atoms with Crippen molar-refractivity contribution >= 4 is 19.8 Å². The molecule has 0 radical (unpaired) electrons. The van der Waals surface area contributed by atoms with Crippen molar-refractivity contribution in [3.05, 3.63) is 60.8 Å². The molecule has 10 heteroatoms. The molecule has 0 aliphatic heterocycles. The van der Waals surface area contributed by atoms with Crippen LogP contribution in [0.25, 0.3) is 0 Å². The summed E-state index contributed by atoms with van der Waals surface area (Å²) in [5.74, 6) is -0.824. The summed E-state index contributed by atoms with van der Waals surface area (Å²) < 4.78 is 34.3. The van der Waals surface area contributed by atoms with Gasteiger partial charge in [0.25, 0.3) is 7.82 Å². The van der Waals surface area contributed by atoms with Crippen molar-refractivity contribution in [1.82, 2.24) is 0 Å². The SMILES string of the molecule is CC/C=C\C/C=C\C/C=C\C/C=C\C/C=C\CCCCCCCCCCCCCC(=O)OC(COC(=O)CCCCCCCCCCCCCCCCCCCCCCCCCCCC)COP(=O)([O-])OCC[N+](C)(C)C. The monoisotopic (exact) mass is 1100 g/mol. The Bertz CT molecular complexity index is 1480. The number of quaternary nitrogens is 1. The number of hydrogen-bond donors (Lipinski definition) is 0. The third kappa shape index (κ3) is 62.8. The maximum Gasteiger partial charge on any atom is 0.306 e. The highest BCUT2D eigenvalue weighted by molar-refractivity contribution is 7.45. The first-order chi connectivity index (χ1) is 37.5. The lowest BCUT2D eigenvalue weighted by atomic mass is 10.0. The van der Waals surface area contributed by atoms with Crippen LogP contribution in [0.15, 0.2) is 60.8 Å². The Morgan fingerprint density at radius 3 is 1.10 bits per heavy atom. The fourth-order valence-electron chi connectivity index (χ4n) is 9.33. The molecule has 2 unspecified atom stereocenters. The van der Waals surface area contributed by atoms with Gasteiger partial charge in [-0.1, -0.05) is 293 Å². The highest BCUT2D eigenvalue weighted by Gasteiger charge is 2.22. The molecule has 77 heavy (non-hydrogen) atoms. The molecule has 0 saturated carbocycles. The van der Waals surface area contributed by atoms with Crippen molar-refractivity contribution in [3.63, 3.8) is 0 Å². The van der Waals surface area contributed by atoms with Crippen LogP contribution in [-0.4, -0.2) is 70.0 Å². The van der Waals surface area contributed by atoms with E-state index in [9.17, 15) is 19.0 Å². The number of carbonyl (C=O) groups is 2. The lowest BCUT2D eigenvalue weighted by molar-refractivity contribution is -0.870. The molecule has 0 saturated heterocycles. The van der Waals surface area contributed by atoms with Crippen LogP contribution in [-0.2, 0) is 32.7 Å². The molecule has 0 bridgehead atoms. The van der Waals surface area contributed by atoms with Crippen LogP contribution in [0.3, 0.4) is 0 Å². The largest absolute Gasteiger partial charge is 0.756 e. The standard InChI is InChI=1S/C67H124NO8P/c1-6-8-10-12-14-16-18-20-22-24-26-28-30-32-34-36-38-40-42-44-46-48-50-52-54-56-58-60-67(70)76-65(64-75-77(71,72)74-62-61-68(3,4)5)63-73-66(69)59-57-55-53-51-49-47-45-43-41-39-37-35-33-31-29-27-25-23-21-19-17-15-13-11-9-7-2/h8,10,14,16,20,22,26,28,32,34,65H,6-7,9,11-13,15,17-19,21,23-25,27,29-31,33,35-64H2,1-5H3/b10-8-,16-14-,22-20-,28-26-,34-32-. The number of rotatable bonds is 60. The molecule has 0 aromatic heterocycles. The van der Waals surface area contributed by atoms with Gasteiger partial charge >= 0.3 is 11.9 Å². The number of allylic oxidation sites excluding steroid dienone is 10. The van der Waals surface area contributed by atoms with Gasteiger partial charge in [-0.3, -0.25) is 14.2 Å². The van der Waals surface area contributed by atoms with Gasteiger partial charge < -0.3 is 27.9 Å². The molecule has 0 aromatic rings.